The first-order valence-corrected chi connectivity index (χ1v) is 2.86. The molecule has 0 N–H and O–H groups in total. The van der Waals surface area contributed by atoms with Gasteiger partial charge in [-0.1, -0.05) is 0 Å². The summed E-state index contributed by atoms with van der Waals surface area (Å²) < 4.78 is 4.56. The molecule has 0 heterocycles. The van der Waals surface area contributed by atoms with Gasteiger partial charge in [0.15, 0.2) is 0 Å². The fourth-order valence-corrected chi connectivity index (χ4v) is 0.596. The molecule has 0 aliphatic rings. The van der Waals surface area contributed by atoms with E-state index in [4.69, 9.17) is 0 Å². The van der Waals surface area contributed by atoms with Crippen molar-refractivity contribution in [1.29, 1.82) is 0 Å². The third-order valence-electron chi connectivity index (χ3n) is 0.332. The Labute approximate surface area is 51.0 Å². The molecule has 0 unspecified atom stereocenters. The summed E-state index contributed by atoms with van der Waals surface area (Å²) in [4.78, 5) is 9.64. The minimum absolute atomic E-state index is 0.00579. The van der Waals surface area contributed by atoms with Crippen LogP contribution in [0.25, 0.3) is 0 Å². The van der Waals surface area contributed by atoms with E-state index in [0.717, 1.165) is 0 Å². The van der Waals surface area contributed by atoms with E-state index in [1.807, 2.05) is 0 Å². The third kappa shape index (κ3) is 5.99. The Kier molecular flexibility index (Phi) is 3.05. The zero-order valence-corrected chi connectivity index (χ0v) is 6.02. The molecule has 0 amide bonds. The molecule has 0 atom stereocenters. The van der Waals surface area contributed by atoms with Crippen molar-refractivity contribution in [2.45, 2.75) is 20.0 Å². The molecular weight excluding hydrogens is 159 g/mol. The van der Waals surface area contributed by atoms with Crippen LogP contribution in [0.1, 0.15) is 13.8 Å². The number of carbonyl (C=O) groups is 1. The van der Waals surface area contributed by atoms with Crippen molar-refractivity contribution in [3.05, 3.63) is 0 Å². The van der Waals surface area contributed by atoms with Crippen molar-refractivity contribution in [2.24, 2.45) is 0 Å². The summed E-state index contributed by atoms with van der Waals surface area (Å²) in [5.74, 6) is 0. The molecule has 0 aromatic rings. The first-order valence-electron chi connectivity index (χ1n) is 2.00. The number of hydrogen-bond acceptors (Lipinski definition) is 2. The van der Waals surface area contributed by atoms with Crippen LogP contribution in [0.3, 0.4) is 0 Å². The summed E-state index contributed by atoms with van der Waals surface area (Å²) >= 11 is 2.21. The Hall–Kier alpha value is -0.0105. The van der Waals surface area contributed by atoms with E-state index in [1.54, 1.807) is 13.8 Å². The summed E-state index contributed by atoms with van der Waals surface area (Å²) in [5, 5.41) is 0. The van der Waals surface area contributed by atoms with Crippen LogP contribution in [0.15, 0.2) is 0 Å². The topological polar surface area (TPSA) is 26.3 Å². The Bertz CT molecular complexity index is 70.1. The average Bonchev–Trinajstić information content (AvgIpc) is 1.27. The van der Waals surface area contributed by atoms with E-state index < -0.39 is 0 Å². The quantitative estimate of drug-likeness (QED) is 0.536. The second-order valence-corrected chi connectivity index (χ2v) is 2.12. The Balaban J connectivity index is 3.13. The summed E-state index contributed by atoms with van der Waals surface area (Å²) in [6.45, 7) is 3.60. The van der Waals surface area contributed by atoms with Gasteiger partial charge in [-0.15, -0.1) is 0 Å². The van der Waals surface area contributed by atoms with Gasteiger partial charge in [0, 0.05) is 0 Å². The molecular formula is C4H7O2Se. The van der Waals surface area contributed by atoms with Crippen molar-refractivity contribution in [3.8, 4) is 0 Å². The molecule has 0 saturated carbocycles. The van der Waals surface area contributed by atoms with Gasteiger partial charge in [0.05, 0.1) is 0 Å². The SMILES string of the molecule is CC(C)OC(=O)[Se]. The van der Waals surface area contributed by atoms with Gasteiger partial charge in [-0.25, -0.2) is 0 Å². The van der Waals surface area contributed by atoms with E-state index in [0.29, 0.717) is 0 Å². The van der Waals surface area contributed by atoms with Gasteiger partial charge in [-0.3, -0.25) is 0 Å². The normalized spacial score (nSPS) is 9.00. The zero-order chi connectivity index (χ0) is 5.86. The fraction of sp³-hybridized carbons (Fsp3) is 0.750. The van der Waals surface area contributed by atoms with E-state index in [1.165, 1.54) is 0 Å². The summed E-state index contributed by atoms with van der Waals surface area (Å²) in [5.41, 5.74) is 0. The molecule has 0 bridgehead atoms. The number of carbonyl (C=O) groups excluding carboxylic acids is 1. The van der Waals surface area contributed by atoms with Gasteiger partial charge in [0.25, 0.3) is 0 Å². The average molecular weight is 166 g/mol. The van der Waals surface area contributed by atoms with Crippen LogP contribution in [-0.4, -0.2) is 27.0 Å². The predicted octanol–water partition coefficient (Wildman–Crippen LogP) is 0.700. The number of ether oxygens (including phenoxy) is 1. The second-order valence-electron chi connectivity index (χ2n) is 1.42. The maximum absolute atomic E-state index is 9.98. The molecule has 1 radical (unpaired) electrons. The molecule has 7 heavy (non-hydrogen) atoms. The Morgan fingerprint density at radius 2 is 2.14 bits per heavy atom. The number of hydrogen-bond donors (Lipinski definition) is 0. The molecule has 0 spiro atoms. The molecule has 0 aliphatic heterocycles. The predicted molar refractivity (Wildman–Crippen MR) is 27.4 cm³/mol. The summed E-state index contributed by atoms with van der Waals surface area (Å²) in [7, 11) is 0. The van der Waals surface area contributed by atoms with Crippen molar-refractivity contribution in [2.75, 3.05) is 0 Å². The van der Waals surface area contributed by atoms with Crippen molar-refractivity contribution >= 4 is 20.9 Å². The van der Waals surface area contributed by atoms with Crippen LogP contribution in [0.5, 0.6) is 0 Å². The van der Waals surface area contributed by atoms with E-state index in [2.05, 4.69) is 20.7 Å². The second kappa shape index (κ2) is 3.05. The zero-order valence-electron chi connectivity index (χ0n) is 4.30. The molecule has 0 fully saturated rings. The van der Waals surface area contributed by atoms with Gasteiger partial charge in [-0.05, 0) is 0 Å². The molecule has 41 valence electrons. The van der Waals surface area contributed by atoms with Crippen molar-refractivity contribution < 1.29 is 9.53 Å². The molecule has 0 aliphatic carbocycles. The van der Waals surface area contributed by atoms with Crippen LogP contribution in [0.2, 0.25) is 0 Å². The minimum atomic E-state index is -0.338. The maximum atomic E-state index is 9.98. The third-order valence-corrected chi connectivity index (χ3v) is 0.534. The first kappa shape index (κ1) is 6.99. The molecule has 2 nitrogen and oxygen atoms in total. The molecule has 0 saturated heterocycles. The van der Waals surface area contributed by atoms with Gasteiger partial charge < -0.3 is 0 Å². The van der Waals surface area contributed by atoms with E-state index >= 15 is 0 Å². The summed E-state index contributed by atoms with van der Waals surface area (Å²) in [6.07, 6.45) is -0.00579. The van der Waals surface area contributed by atoms with Gasteiger partial charge in [0.2, 0.25) is 0 Å². The Morgan fingerprint density at radius 3 is 2.14 bits per heavy atom. The van der Waals surface area contributed by atoms with Crippen LogP contribution in [-0.2, 0) is 4.74 Å². The first-order chi connectivity index (χ1) is 3.13. The monoisotopic (exact) mass is 167 g/mol. The van der Waals surface area contributed by atoms with Crippen LogP contribution in [0, 0.1) is 0 Å². The Morgan fingerprint density at radius 1 is 1.71 bits per heavy atom. The standard InChI is InChI=1S/C4H7O2Se/c1-3(2)6-4(5)7/h3H,1-2H3. The van der Waals surface area contributed by atoms with Crippen LogP contribution >= 0.6 is 0 Å². The van der Waals surface area contributed by atoms with E-state index in [9.17, 15) is 4.79 Å². The van der Waals surface area contributed by atoms with E-state index in [-0.39, 0.29) is 11.0 Å². The van der Waals surface area contributed by atoms with Crippen LogP contribution < -0.4 is 0 Å². The molecule has 0 rings (SSSR count). The summed E-state index contributed by atoms with van der Waals surface area (Å²) in [6, 6.07) is 0. The molecule has 3 heteroatoms. The fourth-order valence-electron chi connectivity index (χ4n) is 0.192. The number of rotatable bonds is 1. The molecule has 0 aromatic heterocycles. The molecule has 0 aromatic carbocycles. The van der Waals surface area contributed by atoms with Crippen molar-refractivity contribution in [1.82, 2.24) is 0 Å². The van der Waals surface area contributed by atoms with Gasteiger partial charge >= 0.3 is 50.4 Å². The van der Waals surface area contributed by atoms with Gasteiger partial charge in [-0.2, -0.15) is 0 Å². The van der Waals surface area contributed by atoms with Crippen molar-refractivity contribution in [3.63, 3.8) is 0 Å². The van der Waals surface area contributed by atoms with Gasteiger partial charge in [0.1, 0.15) is 0 Å². The van der Waals surface area contributed by atoms with Crippen LogP contribution in [0.4, 0.5) is 4.79 Å².